The van der Waals surface area contributed by atoms with E-state index in [4.69, 9.17) is 10.6 Å². The lowest BCUT2D eigenvalue weighted by Gasteiger charge is -2.09. The molecule has 128 valence electrons. The van der Waals surface area contributed by atoms with Crippen LogP contribution in [0.25, 0.3) is 16.9 Å². The molecule has 3 rings (SSSR count). The van der Waals surface area contributed by atoms with Crippen LogP contribution in [0.5, 0.6) is 5.75 Å². The van der Waals surface area contributed by atoms with Gasteiger partial charge >= 0.3 is 0 Å². The number of nitrogens with one attached hydrogen (secondary N) is 1. The summed E-state index contributed by atoms with van der Waals surface area (Å²) in [5, 5.41) is 4.41. The third-order valence-corrected chi connectivity index (χ3v) is 3.81. The minimum absolute atomic E-state index is 0.256. The average molecular weight is 336 g/mol. The number of benzene rings is 2. The molecule has 0 spiro atoms. The largest absolute Gasteiger partial charge is 0.494 e. The first-order valence-corrected chi connectivity index (χ1v) is 8.03. The molecule has 1 heterocycles. The minimum Gasteiger partial charge on any atom is -0.494 e. The van der Waals surface area contributed by atoms with Gasteiger partial charge in [-0.2, -0.15) is 5.10 Å². The Bertz CT molecular complexity index is 867. The summed E-state index contributed by atoms with van der Waals surface area (Å²) in [7, 11) is 0. The second-order valence-electron chi connectivity index (χ2n) is 5.59. The van der Waals surface area contributed by atoms with E-state index in [1.807, 2.05) is 62.4 Å². The molecule has 3 N–H and O–H groups in total. The van der Waals surface area contributed by atoms with Gasteiger partial charge in [-0.1, -0.05) is 17.7 Å². The number of carbonyl (C=O) groups excluding carboxylic acids is 1. The number of amides is 1. The van der Waals surface area contributed by atoms with Gasteiger partial charge in [-0.05, 0) is 56.3 Å². The second-order valence-corrected chi connectivity index (χ2v) is 5.59. The van der Waals surface area contributed by atoms with E-state index in [2.05, 4.69) is 10.5 Å². The van der Waals surface area contributed by atoms with E-state index in [0.717, 1.165) is 28.3 Å². The zero-order valence-electron chi connectivity index (χ0n) is 14.2. The molecule has 6 heteroatoms. The van der Waals surface area contributed by atoms with Crippen molar-refractivity contribution in [2.24, 2.45) is 5.84 Å². The van der Waals surface area contributed by atoms with Crippen molar-refractivity contribution in [1.29, 1.82) is 0 Å². The van der Waals surface area contributed by atoms with Crippen LogP contribution in [-0.2, 0) is 0 Å². The van der Waals surface area contributed by atoms with Gasteiger partial charge in [-0.3, -0.25) is 10.2 Å². The van der Waals surface area contributed by atoms with Crippen LogP contribution in [0.2, 0.25) is 0 Å². The van der Waals surface area contributed by atoms with Crippen LogP contribution in [-0.4, -0.2) is 22.3 Å². The van der Waals surface area contributed by atoms with E-state index < -0.39 is 5.91 Å². The van der Waals surface area contributed by atoms with E-state index in [-0.39, 0.29) is 5.69 Å². The summed E-state index contributed by atoms with van der Waals surface area (Å²) >= 11 is 0. The van der Waals surface area contributed by atoms with Gasteiger partial charge in [0.15, 0.2) is 5.69 Å². The van der Waals surface area contributed by atoms with Crippen LogP contribution in [0.1, 0.15) is 23.0 Å². The quantitative estimate of drug-likeness (QED) is 0.426. The van der Waals surface area contributed by atoms with Crippen molar-refractivity contribution in [2.75, 3.05) is 6.61 Å². The fraction of sp³-hybridized carbons (Fsp3) is 0.158. The Morgan fingerprint density at radius 1 is 1.16 bits per heavy atom. The Hall–Kier alpha value is -3.12. The van der Waals surface area contributed by atoms with Crippen molar-refractivity contribution in [2.45, 2.75) is 13.8 Å². The average Bonchev–Trinajstić information content (AvgIpc) is 3.08. The normalized spacial score (nSPS) is 10.5. The van der Waals surface area contributed by atoms with Gasteiger partial charge < -0.3 is 4.74 Å². The van der Waals surface area contributed by atoms with Gasteiger partial charge in [-0.15, -0.1) is 0 Å². The van der Waals surface area contributed by atoms with E-state index in [9.17, 15) is 4.79 Å². The predicted molar refractivity (Wildman–Crippen MR) is 96.6 cm³/mol. The monoisotopic (exact) mass is 336 g/mol. The van der Waals surface area contributed by atoms with Crippen molar-refractivity contribution >= 4 is 5.91 Å². The van der Waals surface area contributed by atoms with Gasteiger partial charge in [0.25, 0.3) is 5.91 Å². The molecule has 3 aromatic rings. The van der Waals surface area contributed by atoms with Gasteiger partial charge in [0.1, 0.15) is 5.75 Å². The number of ether oxygens (including phenoxy) is 1. The number of aryl methyl sites for hydroxylation is 1. The predicted octanol–water partition coefficient (Wildman–Crippen LogP) is 2.85. The van der Waals surface area contributed by atoms with Gasteiger partial charge in [0, 0.05) is 5.56 Å². The molecule has 0 fully saturated rings. The molecule has 1 aromatic heterocycles. The minimum atomic E-state index is -0.432. The zero-order valence-corrected chi connectivity index (χ0v) is 14.2. The third kappa shape index (κ3) is 3.54. The van der Waals surface area contributed by atoms with Crippen molar-refractivity contribution in [3.05, 3.63) is 65.9 Å². The van der Waals surface area contributed by atoms with E-state index in [1.165, 1.54) is 0 Å². The second kappa shape index (κ2) is 7.19. The highest BCUT2D eigenvalue weighted by molar-refractivity contribution is 5.93. The number of nitrogens with zero attached hydrogens (tertiary/aromatic N) is 2. The first kappa shape index (κ1) is 16.7. The zero-order chi connectivity index (χ0) is 17.8. The number of hydrogen-bond acceptors (Lipinski definition) is 4. The molecule has 25 heavy (non-hydrogen) atoms. The summed E-state index contributed by atoms with van der Waals surface area (Å²) < 4.78 is 7.22. The fourth-order valence-corrected chi connectivity index (χ4v) is 2.54. The summed E-state index contributed by atoms with van der Waals surface area (Å²) in [5.74, 6) is 5.61. The Morgan fingerprint density at radius 2 is 1.84 bits per heavy atom. The van der Waals surface area contributed by atoms with Crippen LogP contribution in [0, 0.1) is 6.92 Å². The Morgan fingerprint density at radius 3 is 2.44 bits per heavy atom. The summed E-state index contributed by atoms with van der Waals surface area (Å²) in [5.41, 5.74) is 6.12. The highest BCUT2D eigenvalue weighted by atomic mass is 16.5. The maximum absolute atomic E-state index is 11.9. The number of carbonyl (C=O) groups is 1. The SMILES string of the molecule is CCOc1ccc(-c2cc(C(=O)NN)nn2-c2ccc(C)cc2)cc1. The standard InChI is InChI=1S/C19H20N4O2/c1-3-25-16-10-6-14(7-11-16)18-12-17(19(24)21-20)22-23(18)15-8-4-13(2)5-9-15/h4-12H,3,20H2,1-2H3,(H,21,24). The van der Waals surface area contributed by atoms with Crippen LogP contribution in [0.3, 0.4) is 0 Å². The lowest BCUT2D eigenvalue weighted by Crippen LogP contribution is -2.30. The summed E-state index contributed by atoms with van der Waals surface area (Å²) in [6.45, 7) is 4.58. The van der Waals surface area contributed by atoms with Crippen molar-refractivity contribution in [1.82, 2.24) is 15.2 Å². The maximum Gasteiger partial charge on any atom is 0.285 e. The molecular formula is C19H20N4O2. The molecule has 0 saturated heterocycles. The smallest absolute Gasteiger partial charge is 0.285 e. The highest BCUT2D eigenvalue weighted by Crippen LogP contribution is 2.26. The molecule has 0 atom stereocenters. The lowest BCUT2D eigenvalue weighted by molar-refractivity contribution is 0.0948. The molecular weight excluding hydrogens is 316 g/mol. The summed E-state index contributed by atoms with van der Waals surface area (Å²) in [6, 6.07) is 17.3. The molecule has 0 bridgehead atoms. The Balaban J connectivity index is 2.08. The van der Waals surface area contributed by atoms with Crippen LogP contribution >= 0.6 is 0 Å². The molecule has 0 aliphatic heterocycles. The number of nitrogens with two attached hydrogens (primary N) is 1. The van der Waals surface area contributed by atoms with Crippen LogP contribution in [0.15, 0.2) is 54.6 Å². The topological polar surface area (TPSA) is 82.2 Å². The van der Waals surface area contributed by atoms with Crippen molar-refractivity contribution in [3.8, 4) is 22.7 Å². The first-order chi connectivity index (χ1) is 12.1. The molecule has 0 saturated carbocycles. The maximum atomic E-state index is 11.9. The van der Waals surface area contributed by atoms with Crippen molar-refractivity contribution in [3.63, 3.8) is 0 Å². The molecule has 2 aromatic carbocycles. The lowest BCUT2D eigenvalue weighted by atomic mass is 10.1. The molecule has 0 unspecified atom stereocenters. The number of hydrogen-bond donors (Lipinski definition) is 2. The first-order valence-electron chi connectivity index (χ1n) is 8.03. The van der Waals surface area contributed by atoms with E-state index in [1.54, 1.807) is 10.7 Å². The van der Waals surface area contributed by atoms with Crippen LogP contribution < -0.4 is 16.0 Å². The number of rotatable bonds is 5. The van der Waals surface area contributed by atoms with E-state index >= 15 is 0 Å². The number of aromatic nitrogens is 2. The van der Waals surface area contributed by atoms with Gasteiger partial charge in [0.2, 0.25) is 0 Å². The molecule has 0 radical (unpaired) electrons. The molecule has 6 nitrogen and oxygen atoms in total. The van der Waals surface area contributed by atoms with E-state index in [0.29, 0.717) is 6.61 Å². The van der Waals surface area contributed by atoms with Gasteiger partial charge in [0.05, 0.1) is 18.0 Å². The Kier molecular flexibility index (Phi) is 4.81. The molecule has 0 aliphatic carbocycles. The Labute approximate surface area is 146 Å². The summed E-state index contributed by atoms with van der Waals surface area (Å²) in [4.78, 5) is 11.9. The fourth-order valence-electron chi connectivity index (χ4n) is 2.54. The van der Waals surface area contributed by atoms with Crippen LogP contribution in [0.4, 0.5) is 0 Å². The van der Waals surface area contributed by atoms with Crippen molar-refractivity contribution < 1.29 is 9.53 Å². The number of nitrogen functional groups attached to an aromatic ring is 1. The molecule has 0 aliphatic rings. The third-order valence-electron chi connectivity index (χ3n) is 3.81. The highest BCUT2D eigenvalue weighted by Gasteiger charge is 2.16. The number of hydrazine groups is 1. The van der Waals surface area contributed by atoms with Gasteiger partial charge in [-0.25, -0.2) is 10.5 Å². The summed E-state index contributed by atoms with van der Waals surface area (Å²) in [6.07, 6.45) is 0. The molecule has 1 amide bonds.